The third kappa shape index (κ3) is 7.73. The van der Waals surface area contributed by atoms with Gasteiger partial charge in [0.25, 0.3) is 0 Å². The summed E-state index contributed by atoms with van der Waals surface area (Å²) in [5.41, 5.74) is -0.415. The van der Waals surface area contributed by atoms with Gasteiger partial charge in [0.1, 0.15) is 5.60 Å². The van der Waals surface area contributed by atoms with Gasteiger partial charge < -0.3 is 15.4 Å². The fraction of sp³-hybridized carbons (Fsp3) is 0.938. The third-order valence-electron chi connectivity index (χ3n) is 3.50. The first kappa shape index (κ1) is 17.3. The third-order valence-corrected chi connectivity index (χ3v) is 3.50. The number of carbonyl (C=O) groups excluding carboxylic acids is 1. The molecule has 4 heteroatoms. The monoisotopic (exact) mass is 284 g/mol. The maximum absolute atomic E-state index is 11.6. The van der Waals surface area contributed by atoms with E-state index < -0.39 is 5.60 Å². The highest BCUT2D eigenvalue weighted by Gasteiger charge is 2.30. The quantitative estimate of drug-likeness (QED) is 0.704. The summed E-state index contributed by atoms with van der Waals surface area (Å²) in [5, 5.41) is 6.47. The van der Waals surface area contributed by atoms with E-state index in [-0.39, 0.29) is 12.1 Å². The molecule has 0 heterocycles. The number of amides is 1. The second-order valence-corrected chi connectivity index (χ2v) is 7.36. The van der Waals surface area contributed by atoms with E-state index in [0.717, 1.165) is 25.3 Å². The minimum Gasteiger partial charge on any atom is -0.444 e. The van der Waals surface area contributed by atoms with Crippen molar-refractivity contribution in [1.29, 1.82) is 0 Å². The molecule has 0 aromatic rings. The molecule has 1 fully saturated rings. The molecule has 1 aliphatic rings. The maximum atomic E-state index is 11.6. The van der Waals surface area contributed by atoms with Gasteiger partial charge in [-0.25, -0.2) is 4.79 Å². The van der Waals surface area contributed by atoms with Crippen LogP contribution in [-0.2, 0) is 4.74 Å². The Bertz CT molecular complexity index is 291. The largest absolute Gasteiger partial charge is 0.444 e. The van der Waals surface area contributed by atoms with E-state index in [1.165, 1.54) is 19.3 Å². The molecule has 0 radical (unpaired) electrons. The zero-order valence-corrected chi connectivity index (χ0v) is 13.8. The Balaban J connectivity index is 1.99. The van der Waals surface area contributed by atoms with Crippen LogP contribution in [0.2, 0.25) is 0 Å². The molecule has 1 aliphatic carbocycles. The molecule has 0 aliphatic heterocycles. The lowest BCUT2D eigenvalue weighted by Gasteiger charge is -2.36. The van der Waals surface area contributed by atoms with Gasteiger partial charge >= 0.3 is 6.09 Å². The molecule has 0 aromatic carbocycles. The molecule has 0 aromatic heterocycles. The van der Waals surface area contributed by atoms with Crippen molar-refractivity contribution in [1.82, 2.24) is 10.6 Å². The number of carbonyl (C=O) groups is 1. The molecule has 0 atom stereocenters. The topological polar surface area (TPSA) is 50.4 Å². The van der Waals surface area contributed by atoms with E-state index in [9.17, 15) is 4.79 Å². The van der Waals surface area contributed by atoms with Crippen molar-refractivity contribution in [3.05, 3.63) is 0 Å². The van der Waals surface area contributed by atoms with Gasteiger partial charge in [-0.2, -0.15) is 0 Å². The summed E-state index contributed by atoms with van der Waals surface area (Å²) in [6.07, 6.45) is 5.61. The second-order valence-electron chi connectivity index (χ2n) is 7.36. The van der Waals surface area contributed by atoms with Gasteiger partial charge in [0.15, 0.2) is 0 Å². The lowest BCUT2D eigenvalue weighted by Crippen LogP contribution is -2.53. The Kier molecular flexibility index (Phi) is 6.80. The summed E-state index contributed by atoms with van der Waals surface area (Å²) >= 11 is 0. The summed E-state index contributed by atoms with van der Waals surface area (Å²) in [6, 6.07) is 0.840. The van der Waals surface area contributed by atoms with Gasteiger partial charge in [-0.3, -0.25) is 0 Å². The first-order valence-corrected chi connectivity index (χ1v) is 7.99. The molecule has 1 amide bonds. The Labute approximate surface area is 124 Å². The molecule has 1 saturated carbocycles. The number of hydrogen-bond donors (Lipinski definition) is 2. The zero-order chi connectivity index (χ0) is 15.2. The molecule has 118 valence electrons. The van der Waals surface area contributed by atoms with E-state index in [0.29, 0.717) is 6.04 Å². The molecule has 0 unspecified atom stereocenters. The SMILES string of the molecule is CC(C)CCCCNC1CC(NC(=O)OC(C)(C)C)C1. The Morgan fingerprint density at radius 2 is 1.85 bits per heavy atom. The van der Waals surface area contributed by atoms with Crippen LogP contribution in [0.4, 0.5) is 4.79 Å². The Hall–Kier alpha value is -0.770. The zero-order valence-electron chi connectivity index (χ0n) is 13.8. The molecule has 2 N–H and O–H groups in total. The van der Waals surface area contributed by atoms with Gasteiger partial charge in [0.05, 0.1) is 0 Å². The number of ether oxygens (including phenoxy) is 1. The van der Waals surface area contributed by atoms with Crippen molar-refractivity contribution in [2.45, 2.75) is 84.4 Å². The maximum Gasteiger partial charge on any atom is 0.407 e. The minimum atomic E-state index is -0.415. The van der Waals surface area contributed by atoms with Crippen molar-refractivity contribution in [3.63, 3.8) is 0 Å². The molecule has 0 bridgehead atoms. The van der Waals surface area contributed by atoms with Crippen molar-refractivity contribution in [2.75, 3.05) is 6.54 Å². The number of unbranched alkanes of at least 4 members (excludes halogenated alkanes) is 1. The van der Waals surface area contributed by atoms with E-state index in [1.54, 1.807) is 0 Å². The van der Waals surface area contributed by atoms with Crippen LogP contribution in [0.3, 0.4) is 0 Å². The predicted molar refractivity (Wildman–Crippen MR) is 82.9 cm³/mol. The highest BCUT2D eigenvalue weighted by atomic mass is 16.6. The summed E-state index contributed by atoms with van der Waals surface area (Å²) in [6.45, 7) is 11.3. The number of hydrogen-bond acceptors (Lipinski definition) is 3. The normalized spacial score (nSPS) is 22.5. The van der Waals surface area contributed by atoms with Crippen molar-refractivity contribution >= 4 is 6.09 Å². The van der Waals surface area contributed by atoms with Gasteiger partial charge in [-0.05, 0) is 52.5 Å². The van der Waals surface area contributed by atoms with Crippen LogP contribution in [-0.4, -0.2) is 30.3 Å². The van der Waals surface area contributed by atoms with Crippen LogP contribution in [0, 0.1) is 5.92 Å². The molecular weight excluding hydrogens is 252 g/mol. The fourth-order valence-corrected chi connectivity index (χ4v) is 2.36. The van der Waals surface area contributed by atoms with E-state index in [2.05, 4.69) is 24.5 Å². The van der Waals surface area contributed by atoms with Crippen LogP contribution >= 0.6 is 0 Å². The fourth-order valence-electron chi connectivity index (χ4n) is 2.36. The van der Waals surface area contributed by atoms with Crippen molar-refractivity contribution in [3.8, 4) is 0 Å². The van der Waals surface area contributed by atoms with E-state index in [4.69, 9.17) is 4.74 Å². The molecule has 20 heavy (non-hydrogen) atoms. The average Bonchev–Trinajstić information content (AvgIpc) is 2.21. The first-order chi connectivity index (χ1) is 9.26. The molecule has 1 rings (SSSR count). The number of nitrogens with one attached hydrogen (secondary N) is 2. The number of alkyl carbamates (subject to hydrolysis) is 1. The Morgan fingerprint density at radius 1 is 1.20 bits per heavy atom. The van der Waals surface area contributed by atoms with Gasteiger partial charge in [-0.1, -0.05) is 26.7 Å². The van der Waals surface area contributed by atoms with Crippen LogP contribution in [0.25, 0.3) is 0 Å². The summed E-state index contributed by atoms with van der Waals surface area (Å²) in [5.74, 6) is 0.807. The van der Waals surface area contributed by atoms with Crippen LogP contribution in [0.15, 0.2) is 0 Å². The average molecular weight is 284 g/mol. The van der Waals surface area contributed by atoms with Crippen molar-refractivity contribution in [2.24, 2.45) is 5.92 Å². The lowest BCUT2D eigenvalue weighted by molar-refractivity contribution is 0.0465. The van der Waals surface area contributed by atoms with Gasteiger partial charge in [0, 0.05) is 12.1 Å². The minimum absolute atomic E-state index is 0.276. The lowest BCUT2D eigenvalue weighted by atomic mass is 9.87. The van der Waals surface area contributed by atoms with E-state index in [1.807, 2.05) is 20.8 Å². The summed E-state index contributed by atoms with van der Waals surface area (Å²) in [4.78, 5) is 11.6. The number of rotatable bonds is 7. The highest BCUT2D eigenvalue weighted by molar-refractivity contribution is 5.68. The summed E-state index contributed by atoms with van der Waals surface area (Å²) in [7, 11) is 0. The molecular formula is C16H32N2O2. The van der Waals surface area contributed by atoms with Crippen LogP contribution in [0.1, 0.15) is 66.7 Å². The summed E-state index contributed by atoms with van der Waals surface area (Å²) < 4.78 is 5.24. The second kappa shape index (κ2) is 7.87. The molecule has 0 saturated heterocycles. The van der Waals surface area contributed by atoms with Gasteiger partial charge in [0.2, 0.25) is 0 Å². The smallest absolute Gasteiger partial charge is 0.407 e. The molecule has 0 spiro atoms. The van der Waals surface area contributed by atoms with Crippen molar-refractivity contribution < 1.29 is 9.53 Å². The predicted octanol–water partition coefficient (Wildman–Crippen LogP) is 3.46. The van der Waals surface area contributed by atoms with E-state index >= 15 is 0 Å². The van der Waals surface area contributed by atoms with Crippen LogP contribution in [0.5, 0.6) is 0 Å². The van der Waals surface area contributed by atoms with Gasteiger partial charge in [-0.15, -0.1) is 0 Å². The van der Waals surface area contributed by atoms with Crippen LogP contribution < -0.4 is 10.6 Å². The highest BCUT2D eigenvalue weighted by Crippen LogP contribution is 2.20. The first-order valence-electron chi connectivity index (χ1n) is 7.99. The molecule has 4 nitrogen and oxygen atoms in total. The standard InChI is InChI=1S/C16H32N2O2/c1-12(2)8-6-7-9-17-13-10-14(11-13)18-15(19)20-16(3,4)5/h12-14,17H,6-11H2,1-5H3,(H,18,19). The Morgan fingerprint density at radius 3 is 2.40 bits per heavy atom.